The lowest BCUT2D eigenvalue weighted by atomic mass is 10.1. The molecule has 6 nitrogen and oxygen atoms in total. The Hall–Kier alpha value is -2.49. The van der Waals surface area contributed by atoms with Crippen molar-refractivity contribution in [2.75, 3.05) is 13.6 Å². The van der Waals surface area contributed by atoms with Crippen LogP contribution in [0.3, 0.4) is 0 Å². The van der Waals surface area contributed by atoms with E-state index in [1.54, 1.807) is 6.92 Å². The molecule has 0 aliphatic rings. The fourth-order valence-corrected chi connectivity index (χ4v) is 1.75. The molecule has 0 fully saturated rings. The largest absolute Gasteiger partial charge is 0.340 e. The standard InChI is InChI=1S/C13H14FN3O3/c1-8(6-15)7-16(3)13(18)11-5-10(17(19)20)4-9(2)12(11)14/h4-5,8H,7H2,1-3H3. The average molecular weight is 279 g/mol. The summed E-state index contributed by atoms with van der Waals surface area (Å²) < 4.78 is 13.9. The van der Waals surface area contributed by atoms with Gasteiger partial charge in [-0.05, 0) is 19.4 Å². The Morgan fingerprint density at radius 2 is 2.20 bits per heavy atom. The van der Waals surface area contributed by atoms with Crippen LogP contribution >= 0.6 is 0 Å². The van der Waals surface area contributed by atoms with Gasteiger partial charge in [0, 0.05) is 25.7 Å². The molecule has 1 unspecified atom stereocenters. The van der Waals surface area contributed by atoms with Crippen LogP contribution in [0.1, 0.15) is 22.8 Å². The molecule has 7 heteroatoms. The van der Waals surface area contributed by atoms with Crippen molar-refractivity contribution >= 4 is 11.6 Å². The van der Waals surface area contributed by atoms with E-state index in [4.69, 9.17) is 5.26 Å². The molecule has 0 bridgehead atoms. The van der Waals surface area contributed by atoms with Gasteiger partial charge in [-0.2, -0.15) is 5.26 Å². The molecular weight excluding hydrogens is 265 g/mol. The molecule has 0 aromatic heterocycles. The highest BCUT2D eigenvalue weighted by atomic mass is 19.1. The number of nitrogens with zero attached hydrogens (tertiary/aromatic N) is 3. The van der Waals surface area contributed by atoms with Gasteiger partial charge in [0.25, 0.3) is 11.6 Å². The molecule has 0 saturated carbocycles. The molecule has 0 spiro atoms. The van der Waals surface area contributed by atoms with Gasteiger partial charge in [-0.1, -0.05) is 0 Å². The van der Waals surface area contributed by atoms with E-state index in [9.17, 15) is 19.3 Å². The third-order valence-electron chi connectivity index (χ3n) is 2.80. The predicted molar refractivity (Wildman–Crippen MR) is 69.5 cm³/mol. The van der Waals surface area contributed by atoms with Gasteiger partial charge >= 0.3 is 0 Å². The molecule has 0 heterocycles. The maximum atomic E-state index is 13.9. The number of aryl methyl sites for hydroxylation is 1. The number of carbonyl (C=O) groups is 1. The van der Waals surface area contributed by atoms with E-state index < -0.39 is 22.6 Å². The number of hydrogen-bond donors (Lipinski definition) is 0. The number of benzene rings is 1. The van der Waals surface area contributed by atoms with E-state index in [1.165, 1.54) is 18.9 Å². The number of amides is 1. The fourth-order valence-electron chi connectivity index (χ4n) is 1.75. The summed E-state index contributed by atoms with van der Waals surface area (Å²) >= 11 is 0. The molecule has 106 valence electrons. The molecule has 1 aromatic rings. The average Bonchev–Trinajstić information content (AvgIpc) is 2.40. The lowest BCUT2D eigenvalue weighted by Crippen LogP contribution is -2.31. The molecule has 1 aromatic carbocycles. The van der Waals surface area contributed by atoms with E-state index in [0.29, 0.717) is 0 Å². The number of hydrogen-bond acceptors (Lipinski definition) is 4. The summed E-state index contributed by atoms with van der Waals surface area (Å²) in [6.45, 7) is 3.10. The van der Waals surface area contributed by atoms with E-state index in [1.807, 2.05) is 6.07 Å². The summed E-state index contributed by atoms with van der Waals surface area (Å²) in [5.41, 5.74) is -0.664. The first-order valence-corrected chi connectivity index (χ1v) is 5.87. The summed E-state index contributed by atoms with van der Waals surface area (Å²) in [5.74, 6) is -1.87. The second-order valence-electron chi connectivity index (χ2n) is 4.60. The Morgan fingerprint density at radius 3 is 2.70 bits per heavy atom. The molecule has 20 heavy (non-hydrogen) atoms. The third-order valence-corrected chi connectivity index (χ3v) is 2.80. The van der Waals surface area contributed by atoms with Crippen LogP contribution in [-0.2, 0) is 0 Å². The Kier molecular flexibility index (Phi) is 4.75. The van der Waals surface area contributed by atoms with Crippen LogP contribution in [0.5, 0.6) is 0 Å². The SMILES string of the molecule is Cc1cc([N+](=O)[O-])cc(C(=O)N(C)CC(C)C#N)c1F. The minimum absolute atomic E-state index is 0.0317. The number of carbonyl (C=O) groups excluding carboxylic acids is 1. The van der Waals surface area contributed by atoms with E-state index >= 15 is 0 Å². The van der Waals surface area contributed by atoms with Crippen LogP contribution in [-0.4, -0.2) is 29.3 Å². The van der Waals surface area contributed by atoms with Crippen molar-refractivity contribution in [2.45, 2.75) is 13.8 Å². The number of rotatable bonds is 4. The van der Waals surface area contributed by atoms with Crippen LogP contribution < -0.4 is 0 Å². The molecule has 0 saturated heterocycles. The highest BCUT2D eigenvalue weighted by molar-refractivity contribution is 5.95. The van der Waals surface area contributed by atoms with Crippen molar-refractivity contribution in [2.24, 2.45) is 5.92 Å². The predicted octanol–water partition coefficient (Wildman–Crippen LogP) is 2.27. The van der Waals surface area contributed by atoms with Crippen molar-refractivity contribution in [3.8, 4) is 6.07 Å². The molecule has 0 radical (unpaired) electrons. The van der Waals surface area contributed by atoms with Crippen molar-refractivity contribution in [1.82, 2.24) is 4.90 Å². The van der Waals surface area contributed by atoms with Crippen molar-refractivity contribution in [1.29, 1.82) is 5.26 Å². The monoisotopic (exact) mass is 279 g/mol. The normalized spacial score (nSPS) is 11.6. The first-order valence-electron chi connectivity index (χ1n) is 5.87. The quantitative estimate of drug-likeness (QED) is 0.624. The van der Waals surface area contributed by atoms with Crippen molar-refractivity contribution in [3.63, 3.8) is 0 Å². The maximum Gasteiger partial charge on any atom is 0.270 e. The summed E-state index contributed by atoms with van der Waals surface area (Å²) in [6.07, 6.45) is 0. The smallest absolute Gasteiger partial charge is 0.270 e. The van der Waals surface area contributed by atoms with E-state index in [0.717, 1.165) is 12.1 Å². The summed E-state index contributed by atoms with van der Waals surface area (Å²) in [6, 6.07) is 3.95. The van der Waals surface area contributed by atoms with Gasteiger partial charge in [-0.25, -0.2) is 4.39 Å². The Morgan fingerprint density at radius 1 is 1.60 bits per heavy atom. The van der Waals surface area contributed by atoms with Gasteiger partial charge in [-0.15, -0.1) is 0 Å². The number of non-ortho nitro benzene ring substituents is 1. The van der Waals surface area contributed by atoms with Crippen molar-refractivity contribution in [3.05, 3.63) is 39.2 Å². The van der Waals surface area contributed by atoms with Crippen LogP contribution in [0.15, 0.2) is 12.1 Å². The Bertz CT molecular complexity index is 595. The minimum atomic E-state index is -0.780. The van der Waals surface area contributed by atoms with Crippen LogP contribution in [0.4, 0.5) is 10.1 Å². The molecule has 0 aliphatic heterocycles. The zero-order valence-electron chi connectivity index (χ0n) is 11.4. The molecule has 0 N–H and O–H groups in total. The zero-order valence-corrected chi connectivity index (χ0v) is 11.4. The van der Waals surface area contributed by atoms with Gasteiger partial charge in [0.15, 0.2) is 0 Å². The molecule has 1 atom stereocenters. The minimum Gasteiger partial charge on any atom is -0.340 e. The van der Waals surface area contributed by atoms with Gasteiger partial charge in [0.1, 0.15) is 5.82 Å². The molecule has 0 aliphatic carbocycles. The van der Waals surface area contributed by atoms with Gasteiger partial charge < -0.3 is 4.90 Å². The van der Waals surface area contributed by atoms with Crippen LogP contribution in [0, 0.1) is 40.1 Å². The van der Waals surface area contributed by atoms with E-state index in [2.05, 4.69) is 0 Å². The van der Waals surface area contributed by atoms with Gasteiger partial charge in [0.05, 0.1) is 22.5 Å². The first-order chi connectivity index (χ1) is 9.27. The topological polar surface area (TPSA) is 87.2 Å². The number of nitriles is 1. The zero-order chi connectivity index (χ0) is 15.4. The Labute approximate surface area is 115 Å². The molecule has 1 amide bonds. The number of nitro groups is 1. The molecular formula is C13H14FN3O3. The lowest BCUT2D eigenvalue weighted by Gasteiger charge is -2.18. The van der Waals surface area contributed by atoms with Crippen LogP contribution in [0.25, 0.3) is 0 Å². The lowest BCUT2D eigenvalue weighted by molar-refractivity contribution is -0.385. The van der Waals surface area contributed by atoms with Gasteiger partial charge in [-0.3, -0.25) is 14.9 Å². The molecule has 1 rings (SSSR count). The number of halogens is 1. The second kappa shape index (κ2) is 6.10. The van der Waals surface area contributed by atoms with Gasteiger partial charge in [0.2, 0.25) is 0 Å². The maximum absolute atomic E-state index is 13.9. The van der Waals surface area contributed by atoms with Crippen molar-refractivity contribution < 1.29 is 14.1 Å². The van der Waals surface area contributed by atoms with Crippen LogP contribution in [0.2, 0.25) is 0 Å². The fraction of sp³-hybridized carbons (Fsp3) is 0.385. The third kappa shape index (κ3) is 3.29. The first kappa shape index (κ1) is 15.6. The second-order valence-corrected chi connectivity index (χ2v) is 4.60. The highest BCUT2D eigenvalue weighted by Gasteiger charge is 2.23. The summed E-state index contributed by atoms with van der Waals surface area (Å²) in [7, 11) is 1.42. The number of nitro benzene ring substituents is 1. The summed E-state index contributed by atoms with van der Waals surface area (Å²) in [4.78, 5) is 23.3. The van der Waals surface area contributed by atoms with E-state index in [-0.39, 0.29) is 23.4 Å². The highest BCUT2D eigenvalue weighted by Crippen LogP contribution is 2.22. The Balaban J connectivity index is 3.15. The summed E-state index contributed by atoms with van der Waals surface area (Å²) in [5, 5.41) is 19.4.